The third kappa shape index (κ3) is 2.61. The Kier molecular flexibility index (Phi) is 3.71. The van der Waals surface area contributed by atoms with E-state index in [9.17, 15) is 5.11 Å². The van der Waals surface area contributed by atoms with Gasteiger partial charge in [0.15, 0.2) is 0 Å². The first-order valence-corrected chi connectivity index (χ1v) is 4.37. The maximum Gasteiger partial charge on any atom is 0.133 e. The summed E-state index contributed by atoms with van der Waals surface area (Å²) in [5.41, 5.74) is 6.52. The lowest BCUT2D eigenvalue weighted by Gasteiger charge is -1.97. The second-order valence-electron chi connectivity index (χ2n) is 2.87. The molecule has 0 radical (unpaired) electrons. The van der Waals surface area contributed by atoms with E-state index < -0.39 is 0 Å². The summed E-state index contributed by atoms with van der Waals surface area (Å²) in [5, 5.41) is 17.9. The molecule has 3 nitrogen and oxygen atoms in total. The van der Waals surface area contributed by atoms with Crippen LogP contribution in [0.25, 0.3) is 6.08 Å². The molecule has 0 atom stereocenters. The zero-order valence-corrected chi connectivity index (χ0v) is 7.77. The first-order chi connectivity index (χ1) is 6.77. The summed E-state index contributed by atoms with van der Waals surface area (Å²) < 4.78 is 0. The molecular weight excluding hydrogens is 176 g/mol. The van der Waals surface area contributed by atoms with Crippen molar-refractivity contribution in [2.75, 3.05) is 6.54 Å². The minimum atomic E-state index is 0.0171. The fraction of sp³-hybridized carbons (Fsp3) is 0.182. The zero-order valence-electron chi connectivity index (χ0n) is 7.77. The maximum atomic E-state index is 9.24. The standard InChI is InChI=1S/C11H12N2O/c12-6-2-1-3-9-4-5-11(14)10(7-9)8-13/h1,3-5,7,14H,2,6,12H2. The van der Waals surface area contributed by atoms with E-state index in [-0.39, 0.29) is 5.75 Å². The zero-order chi connectivity index (χ0) is 10.4. The van der Waals surface area contributed by atoms with Crippen LogP contribution in [-0.2, 0) is 0 Å². The summed E-state index contributed by atoms with van der Waals surface area (Å²) >= 11 is 0. The Balaban J connectivity index is 2.86. The molecule has 0 fully saturated rings. The Morgan fingerprint density at radius 1 is 1.50 bits per heavy atom. The average Bonchev–Trinajstić information content (AvgIpc) is 2.21. The lowest BCUT2D eigenvalue weighted by atomic mass is 10.1. The SMILES string of the molecule is N#Cc1cc(C=CCCN)ccc1O. The van der Waals surface area contributed by atoms with Crippen molar-refractivity contribution < 1.29 is 5.11 Å². The van der Waals surface area contributed by atoms with Gasteiger partial charge >= 0.3 is 0 Å². The van der Waals surface area contributed by atoms with Crippen LogP contribution < -0.4 is 5.73 Å². The van der Waals surface area contributed by atoms with Crippen LogP contribution >= 0.6 is 0 Å². The number of nitrogens with zero attached hydrogens (tertiary/aromatic N) is 1. The van der Waals surface area contributed by atoms with Crippen molar-refractivity contribution in [3.05, 3.63) is 35.4 Å². The van der Waals surface area contributed by atoms with E-state index in [2.05, 4.69) is 0 Å². The van der Waals surface area contributed by atoms with Gasteiger partial charge in [0.25, 0.3) is 0 Å². The van der Waals surface area contributed by atoms with Crippen molar-refractivity contribution in [1.82, 2.24) is 0 Å². The van der Waals surface area contributed by atoms with E-state index in [1.54, 1.807) is 12.1 Å². The van der Waals surface area contributed by atoms with Crippen molar-refractivity contribution in [1.29, 1.82) is 5.26 Å². The molecule has 1 aromatic carbocycles. The minimum absolute atomic E-state index is 0.0171. The van der Waals surface area contributed by atoms with Gasteiger partial charge in [0.05, 0.1) is 5.56 Å². The van der Waals surface area contributed by atoms with Gasteiger partial charge in [-0.1, -0.05) is 18.2 Å². The van der Waals surface area contributed by atoms with Crippen LogP contribution in [0.3, 0.4) is 0 Å². The van der Waals surface area contributed by atoms with E-state index in [1.807, 2.05) is 18.2 Å². The smallest absolute Gasteiger partial charge is 0.133 e. The molecule has 3 heteroatoms. The minimum Gasteiger partial charge on any atom is -0.507 e. The topological polar surface area (TPSA) is 70.0 Å². The van der Waals surface area contributed by atoms with E-state index in [0.717, 1.165) is 12.0 Å². The molecule has 0 aromatic heterocycles. The highest BCUT2D eigenvalue weighted by Crippen LogP contribution is 2.17. The fourth-order valence-corrected chi connectivity index (χ4v) is 1.06. The van der Waals surface area contributed by atoms with Crippen molar-refractivity contribution in [3.8, 4) is 11.8 Å². The summed E-state index contributed by atoms with van der Waals surface area (Å²) in [6.07, 6.45) is 4.63. The number of phenolic OH excluding ortho intramolecular Hbond substituents is 1. The summed E-state index contributed by atoms with van der Waals surface area (Å²) in [6.45, 7) is 0.611. The molecule has 0 aliphatic rings. The molecule has 0 unspecified atom stereocenters. The number of rotatable bonds is 3. The van der Waals surface area contributed by atoms with E-state index >= 15 is 0 Å². The highest BCUT2D eigenvalue weighted by Gasteiger charge is 1.98. The van der Waals surface area contributed by atoms with Gasteiger partial charge in [0, 0.05) is 0 Å². The quantitative estimate of drug-likeness (QED) is 0.757. The lowest BCUT2D eigenvalue weighted by Crippen LogP contribution is -1.94. The van der Waals surface area contributed by atoms with Gasteiger partial charge in [-0.05, 0) is 30.7 Å². The molecule has 14 heavy (non-hydrogen) atoms. The summed E-state index contributed by atoms with van der Waals surface area (Å²) in [6, 6.07) is 6.83. The lowest BCUT2D eigenvalue weighted by molar-refractivity contribution is 0.473. The van der Waals surface area contributed by atoms with Crippen molar-refractivity contribution >= 4 is 6.08 Å². The van der Waals surface area contributed by atoms with E-state index in [4.69, 9.17) is 11.0 Å². The van der Waals surface area contributed by atoms with Crippen LogP contribution in [0, 0.1) is 11.3 Å². The monoisotopic (exact) mass is 188 g/mol. The Bertz CT molecular complexity index is 377. The molecule has 3 N–H and O–H groups in total. The summed E-state index contributed by atoms with van der Waals surface area (Å²) in [5.74, 6) is 0.0171. The van der Waals surface area contributed by atoms with Crippen LogP contribution in [0.1, 0.15) is 17.5 Å². The Morgan fingerprint density at radius 3 is 2.93 bits per heavy atom. The van der Waals surface area contributed by atoms with Crippen LogP contribution in [-0.4, -0.2) is 11.7 Å². The molecule has 0 bridgehead atoms. The van der Waals surface area contributed by atoms with Gasteiger partial charge in [-0.3, -0.25) is 0 Å². The number of nitriles is 1. The second kappa shape index (κ2) is 5.05. The first kappa shape index (κ1) is 10.3. The molecule has 0 saturated carbocycles. The molecule has 0 amide bonds. The Morgan fingerprint density at radius 2 is 2.29 bits per heavy atom. The fourth-order valence-electron chi connectivity index (χ4n) is 1.06. The van der Waals surface area contributed by atoms with Crippen molar-refractivity contribution in [3.63, 3.8) is 0 Å². The molecule has 0 aliphatic heterocycles. The van der Waals surface area contributed by atoms with Crippen LogP contribution in [0.15, 0.2) is 24.3 Å². The molecule has 1 rings (SSSR count). The molecule has 1 aromatic rings. The second-order valence-corrected chi connectivity index (χ2v) is 2.87. The van der Waals surface area contributed by atoms with Crippen LogP contribution in [0.4, 0.5) is 0 Å². The summed E-state index contributed by atoms with van der Waals surface area (Å²) in [7, 11) is 0. The number of phenols is 1. The number of aromatic hydroxyl groups is 1. The van der Waals surface area contributed by atoms with Gasteiger partial charge in [-0.15, -0.1) is 0 Å². The predicted octanol–water partition coefficient (Wildman–Crippen LogP) is 1.63. The van der Waals surface area contributed by atoms with Gasteiger partial charge in [-0.25, -0.2) is 0 Å². The molecule has 0 heterocycles. The number of benzene rings is 1. The number of hydrogen-bond donors (Lipinski definition) is 2. The number of nitrogens with two attached hydrogens (primary N) is 1. The normalized spacial score (nSPS) is 10.3. The molecule has 72 valence electrons. The molecule has 0 aliphatic carbocycles. The highest BCUT2D eigenvalue weighted by atomic mass is 16.3. The first-order valence-electron chi connectivity index (χ1n) is 4.37. The van der Waals surface area contributed by atoms with Gasteiger partial charge in [0.1, 0.15) is 11.8 Å². The van der Waals surface area contributed by atoms with Gasteiger partial charge in [-0.2, -0.15) is 5.26 Å². The van der Waals surface area contributed by atoms with Crippen LogP contribution in [0.2, 0.25) is 0 Å². The van der Waals surface area contributed by atoms with Gasteiger partial charge < -0.3 is 10.8 Å². The Labute approximate surface area is 83.1 Å². The summed E-state index contributed by atoms with van der Waals surface area (Å²) in [4.78, 5) is 0. The van der Waals surface area contributed by atoms with Crippen molar-refractivity contribution in [2.45, 2.75) is 6.42 Å². The third-order valence-electron chi connectivity index (χ3n) is 1.78. The molecule has 0 spiro atoms. The molecule has 0 saturated heterocycles. The Hall–Kier alpha value is -1.79. The number of hydrogen-bond acceptors (Lipinski definition) is 3. The molecular formula is C11H12N2O. The van der Waals surface area contributed by atoms with E-state index in [1.165, 1.54) is 6.07 Å². The van der Waals surface area contributed by atoms with Crippen LogP contribution in [0.5, 0.6) is 5.75 Å². The average molecular weight is 188 g/mol. The maximum absolute atomic E-state index is 9.24. The van der Waals surface area contributed by atoms with Crippen molar-refractivity contribution in [2.24, 2.45) is 5.73 Å². The third-order valence-corrected chi connectivity index (χ3v) is 1.78. The highest BCUT2D eigenvalue weighted by molar-refractivity contribution is 5.55. The van der Waals surface area contributed by atoms with Gasteiger partial charge in [0.2, 0.25) is 0 Å². The van der Waals surface area contributed by atoms with E-state index in [0.29, 0.717) is 12.1 Å². The predicted molar refractivity (Wildman–Crippen MR) is 55.5 cm³/mol. The largest absolute Gasteiger partial charge is 0.507 e.